The van der Waals surface area contributed by atoms with Gasteiger partial charge in [-0.3, -0.25) is 4.79 Å². The summed E-state index contributed by atoms with van der Waals surface area (Å²) in [7, 11) is 1.90. The van der Waals surface area contributed by atoms with Crippen molar-refractivity contribution in [2.45, 2.75) is 51.1 Å². The Kier molecular flexibility index (Phi) is 3.29. The molecule has 2 atom stereocenters. The number of rotatable bonds is 3. The molecule has 0 saturated carbocycles. The Morgan fingerprint density at radius 1 is 1.33 bits per heavy atom. The first kappa shape index (κ1) is 10.9. The molecule has 0 spiro atoms. The molecular formula is C12H22N2O. The first-order chi connectivity index (χ1) is 7.19. The largest absolute Gasteiger partial charge is 0.346 e. The molecule has 2 unspecified atom stereocenters. The second-order valence-electron chi connectivity index (χ2n) is 5.09. The van der Waals surface area contributed by atoms with Gasteiger partial charge < -0.3 is 10.2 Å². The molecule has 2 saturated heterocycles. The highest BCUT2D eigenvalue weighted by Crippen LogP contribution is 2.32. The van der Waals surface area contributed by atoms with Gasteiger partial charge in [0.2, 0.25) is 5.91 Å². The van der Waals surface area contributed by atoms with E-state index >= 15 is 0 Å². The number of piperidine rings is 1. The minimum atomic E-state index is 0.323. The summed E-state index contributed by atoms with van der Waals surface area (Å²) in [6.07, 6.45) is 5.82. The fourth-order valence-electron chi connectivity index (χ4n) is 2.92. The van der Waals surface area contributed by atoms with Crippen LogP contribution in [0.3, 0.4) is 0 Å². The summed E-state index contributed by atoms with van der Waals surface area (Å²) in [6.45, 7) is 2.86. The van der Waals surface area contributed by atoms with Gasteiger partial charge in [0.1, 0.15) is 0 Å². The Hall–Kier alpha value is -0.570. The summed E-state index contributed by atoms with van der Waals surface area (Å²) in [5, 5.41) is 3.61. The maximum absolute atomic E-state index is 11.8. The third-order valence-electron chi connectivity index (χ3n) is 3.93. The maximum atomic E-state index is 11.8. The van der Waals surface area contributed by atoms with Gasteiger partial charge in [-0.15, -0.1) is 0 Å². The van der Waals surface area contributed by atoms with Gasteiger partial charge in [0.25, 0.3) is 0 Å². The van der Waals surface area contributed by atoms with Crippen LogP contribution in [0.4, 0.5) is 0 Å². The van der Waals surface area contributed by atoms with Crippen molar-refractivity contribution in [1.29, 1.82) is 0 Å². The molecule has 2 heterocycles. The molecule has 0 aliphatic carbocycles. The average Bonchev–Trinajstić information content (AvgIpc) is 2.57. The van der Waals surface area contributed by atoms with E-state index in [4.69, 9.17) is 0 Å². The van der Waals surface area contributed by atoms with Gasteiger partial charge in [0, 0.05) is 32.1 Å². The summed E-state index contributed by atoms with van der Waals surface area (Å²) >= 11 is 0. The van der Waals surface area contributed by atoms with Crippen molar-refractivity contribution < 1.29 is 4.79 Å². The van der Waals surface area contributed by atoms with Gasteiger partial charge in [0.05, 0.1) is 0 Å². The lowest BCUT2D eigenvalue weighted by Crippen LogP contribution is -2.40. The van der Waals surface area contributed by atoms with Crippen LogP contribution in [0.5, 0.6) is 0 Å². The molecule has 0 aromatic carbocycles. The first-order valence-corrected chi connectivity index (χ1v) is 6.19. The fourth-order valence-corrected chi connectivity index (χ4v) is 2.92. The van der Waals surface area contributed by atoms with E-state index in [1.54, 1.807) is 0 Å². The van der Waals surface area contributed by atoms with Gasteiger partial charge in [-0.2, -0.15) is 0 Å². The van der Waals surface area contributed by atoms with Crippen LogP contribution in [0, 0.1) is 5.92 Å². The first-order valence-electron chi connectivity index (χ1n) is 6.19. The molecule has 2 fully saturated rings. The summed E-state index contributed by atoms with van der Waals surface area (Å²) in [5.41, 5.74) is 0. The molecule has 2 bridgehead atoms. The van der Waals surface area contributed by atoms with E-state index in [0.29, 0.717) is 23.9 Å². The zero-order valence-corrected chi connectivity index (χ0v) is 9.83. The highest BCUT2D eigenvalue weighted by Gasteiger charge is 2.34. The number of nitrogens with one attached hydrogen (secondary N) is 1. The van der Waals surface area contributed by atoms with Crippen LogP contribution in [-0.4, -0.2) is 36.5 Å². The van der Waals surface area contributed by atoms with Crippen LogP contribution < -0.4 is 5.32 Å². The number of carbonyl (C=O) groups excluding carboxylic acids is 1. The standard InChI is InChI=1S/C12H22N2O/c1-3-14(2)12(15)8-9-6-10-4-5-11(7-9)13-10/h9-11,13H,3-8H2,1-2H3. The predicted molar refractivity (Wildman–Crippen MR) is 60.6 cm³/mol. The maximum Gasteiger partial charge on any atom is 0.222 e. The van der Waals surface area contributed by atoms with Crippen molar-refractivity contribution in [2.24, 2.45) is 5.92 Å². The molecule has 86 valence electrons. The lowest BCUT2D eigenvalue weighted by atomic mass is 9.89. The smallest absolute Gasteiger partial charge is 0.222 e. The number of nitrogens with zero attached hydrogens (tertiary/aromatic N) is 1. The second kappa shape index (κ2) is 4.52. The number of hydrogen-bond donors (Lipinski definition) is 1. The van der Waals surface area contributed by atoms with Crippen molar-refractivity contribution in [1.82, 2.24) is 10.2 Å². The Morgan fingerprint density at radius 3 is 2.47 bits per heavy atom. The lowest BCUT2D eigenvalue weighted by Gasteiger charge is -2.29. The Bertz CT molecular complexity index is 230. The minimum absolute atomic E-state index is 0.323. The summed E-state index contributed by atoms with van der Waals surface area (Å²) in [5.74, 6) is 0.953. The van der Waals surface area contributed by atoms with Crippen LogP contribution in [0.2, 0.25) is 0 Å². The minimum Gasteiger partial charge on any atom is -0.346 e. The summed E-state index contributed by atoms with van der Waals surface area (Å²) in [6, 6.07) is 1.40. The van der Waals surface area contributed by atoms with Crippen LogP contribution >= 0.6 is 0 Å². The van der Waals surface area contributed by atoms with Crippen molar-refractivity contribution in [3.63, 3.8) is 0 Å². The van der Waals surface area contributed by atoms with Crippen LogP contribution in [0.15, 0.2) is 0 Å². The molecule has 2 rings (SSSR count). The van der Waals surface area contributed by atoms with Crippen LogP contribution in [0.25, 0.3) is 0 Å². The highest BCUT2D eigenvalue weighted by atomic mass is 16.2. The van der Waals surface area contributed by atoms with Crippen molar-refractivity contribution >= 4 is 5.91 Å². The molecule has 0 radical (unpaired) electrons. The fraction of sp³-hybridized carbons (Fsp3) is 0.917. The topological polar surface area (TPSA) is 32.3 Å². The molecular weight excluding hydrogens is 188 g/mol. The number of amides is 1. The molecule has 0 aromatic heterocycles. The average molecular weight is 210 g/mol. The van der Waals surface area contributed by atoms with Gasteiger partial charge >= 0.3 is 0 Å². The normalized spacial score (nSPS) is 34.1. The van der Waals surface area contributed by atoms with E-state index < -0.39 is 0 Å². The summed E-state index contributed by atoms with van der Waals surface area (Å²) in [4.78, 5) is 13.6. The Labute approximate surface area is 92.2 Å². The Balaban J connectivity index is 1.82. The van der Waals surface area contributed by atoms with Crippen molar-refractivity contribution in [3.05, 3.63) is 0 Å². The van der Waals surface area contributed by atoms with E-state index in [1.807, 2.05) is 18.9 Å². The molecule has 2 aliphatic heterocycles. The van der Waals surface area contributed by atoms with Crippen molar-refractivity contribution in [2.75, 3.05) is 13.6 Å². The Morgan fingerprint density at radius 2 is 1.93 bits per heavy atom. The zero-order chi connectivity index (χ0) is 10.8. The molecule has 2 aliphatic rings. The van der Waals surface area contributed by atoms with Gasteiger partial charge in [-0.1, -0.05) is 0 Å². The highest BCUT2D eigenvalue weighted by molar-refractivity contribution is 5.76. The van der Waals surface area contributed by atoms with E-state index in [-0.39, 0.29) is 0 Å². The number of carbonyl (C=O) groups is 1. The molecule has 3 nitrogen and oxygen atoms in total. The quantitative estimate of drug-likeness (QED) is 0.763. The lowest BCUT2D eigenvalue weighted by molar-refractivity contribution is -0.131. The number of fused-ring (bicyclic) bond motifs is 2. The second-order valence-corrected chi connectivity index (χ2v) is 5.09. The van der Waals surface area contributed by atoms with E-state index in [9.17, 15) is 4.79 Å². The van der Waals surface area contributed by atoms with Crippen LogP contribution in [-0.2, 0) is 4.79 Å². The molecule has 0 aromatic rings. The summed E-state index contributed by atoms with van der Waals surface area (Å²) < 4.78 is 0. The van der Waals surface area contributed by atoms with Gasteiger partial charge in [0.15, 0.2) is 0 Å². The van der Waals surface area contributed by atoms with E-state index in [0.717, 1.165) is 13.0 Å². The molecule has 3 heteroatoms. The molecule has 15 heavy (non-hydrogen) atoms. The van der Waals surface area contributed by atoms with E-state index in [1.165, 1.54) is 25.7 Å². The molecule has 1 N–H and O–H groups in total. The van der Waals surface area contributed by atoms with E-state index in [2.05, 4.69) is 5.32 Å². The third-order valence-corrected chi connectivity index (χ3v) is 3.93. The zero-order valence-electron chi connectivity index (χ0n) is 9.83. The predicted octanol–water partition coefficient (Wildman–Crippen LogP) is 1.39. The van der Waals surface area contributed by atoms with Crippen LogP contribution in [0.1, 0.15) is 39.0 Å². The SMILES string of the molecule is CCN(C)C(=O)CC1CC2CCC(C1)N2. The van der Waals surface area contributed by atoms with Gasteiger partial charge in [-0.25, -0.2) is 0 Å². The molecule has 1 amide bonds. The van der Waals surface area contributed by atoms with Crippen molar-refractivity contribution in [3.8, 4) is 0 Å². The monoisotopic (exact) mass is 210 g/mol. The third kappa shape index (κ3) is 2.51. The van der Waals surface area contributed by atoms with Gasteiger partial charge in [-0.05, 0) is 38.5 Å². The number of hydrogen-bond acceptors (Lipinski definition) is 2.